The Balaban J connectivity index is 2.12. The van der Waals surface area contributed by atoms with E-state index in [0.717, 1.165) is 25.7 Å². The molecule has 0 atom stereocenters. The third kappa shape index (κ3) is 2.91. The highest BCUT2D eigenvalue weighted by Crippen LogP contribution is 2.31. The fraction of sp³-hybridized carbons (Fsp3) is 0.615. The van der Waals surface area contributed by atoms with Crippen molar-refractivity contribution >= 4 is 29.1 Å². The number of amides is 1. The largest absolute Gasteiger partial charge is 0.388 e. The lowest BCUT2D eigenvalue weighted by Gasteiger charge is -2.28. The van der Waals surface area contributed by atoms with Gasteiger partial charge in [-0.25, -0.2) is 0 Å². The third-order valence-electron chi connectivity index (χ3n) is 3.75. The minimum Gasteiger partial charge on any atom is -0.388 e. The van der Waals surface area contributed by atoms with E-state index in [4.69, 9.17) is 23.2 Å². The van der Waals surface area contributed by atoms with Crippen molar-refractivity contribution in [2.24, 2.45) is 7.05 Å². The maximum Gasteiger partial charge on any atom is 0.270 e. The van der Waals surface area contributed by atoms with Gasteiger partial charge >= 0.3 is 0 Å². The van der Waals surface area contributed by atoms with Gasteiger partial charge in [0.15, 0.2) is 0 Å². The van der Waals surface area contributed by atoms with Gasteiger partial charge in [0.2, 0.25) is 0 Å². The number of aliphatic hydroxyl groups is 1. The number of carbonyl (C=O) groups is 1. The maximum atomic E-state index is 12.3. The second-order valence-corrected chi connectivity index (χ2v) is 6.09. The van der Waals surface area contributed by atoms with Crippen molar-refractivity contribution in [1.82, 2.24) is 9.47 Å². The van der Waals surface area contributed by atoms with E-state index in [1.165, 1.54) is 4.90 Å². The van der Waals surface area contributed by atoms with Crippen LogP contribution in [-0.4, -0.2) is 39.7 Å². The standard InChI is InChI=1S/C13H18Cl2N2O2/c1-16(8-13(19)5-3-4-6-13)12(18)10-7-9(14)11(15)17(10)2/h7,19H,3-6,8H2,1-2H3. The molecule has 1 aliphatic rings. The first kappa shape index (κ1) is 14.7. The predicted molar refractivity (Wildman–Crippen MR) is 75.8 cm³/mol. The average Bonchev–Trinajstić information content (AvgIpc) is 2.88. The Morgan fingerprint density at radius 2 is 2.05 bits per heavy atom. The van der Waals surface area contributed by atoms with Gasteiger partial charge in [0, 0.05) is 20.6 Å². The lowest BCUT2D eigenvalue weighted by Crippen LogP contribution is -2.42. The Kier molecular flexibility index (Phi) is 4.14. The number of likely N-dealkylation sites (N-methyl/N-ethyl adjacent to an activating group) is 1. The quantitative estimate of drug-likeness (QED) is 0.933. The molecule has 1 N–H and O–H groups in total. The predicted octanol–water partition coefficient (Wildman–Crippen LogP) is 2.71. The minimum atomic E-state index is -0.747. The fourth-order valence-corrected chi connectivity index (χ4v) is 3.02. The molecule has 6 heteroatoms. The first-order valence-electron chi connectivity index (χ1n) is 6.33. The van der Waals surface area contributed by atoms with Crippen molar-refractivity contribution in [2.45, 2.75) is 31.3 Å². The maximum absolute atomic E-state index is 12.3. The zero-order chi connectivity index (χ0) is 14.2. The third-order valence-corrected chi connectivity index (χ3v) is 4.59. The lowest BCUT2D eigenvalue weighted by molar-refractivity contribution is 0.0153. The molecule has 1 heterocycles. The van der Waals surface area contributed by atoms with Crippen LogP contribution in [0.15, 0.2) is 6.07 Å². The summed E-state index contributed by atoms with van der Waals surface area (Å²) in [6, 6.07) is 1.56. The molecule has 1 saturated carbocycles. The minimum absolute atomic E-state index is 0.184. The summed E-state index contributed by atoms with van der Waals surface area (Å²) in [5.74, 6) is -0.184. The number of rotatable bonds is 3. The molecule has 1 amide bonds. The van der Waals surface area contributed by atoms with Crippen LogP contribution in [0.1, 0.15) is 36.2 Å². The monoisotopic (exact) mass is 304 g/mol. The summed E-state index contributed by atoms with van der Waals surface area (Å²) < 4.78 is 1.56. The summed E-state index contributed by atoms with van der Waals surface area (Å²) >= 11 is 11.9. The Bertz CT molecular complexity index is 493. The summed E-state index contributed by atoms with van der Waals surface area (Å²) in [7, 11) is 3.38. The molecule has 19 heavy (non-hydrogen) atoms. The van der Waals surface area contributed by atoms with Gasteiger partial charge in [0.05, 0.1) is 10.6 Å². The lowest BCUT2D eigenvalue weighted by atomic mass is 10.0. The van der Waals surface area contributed by atoms with Crippen molar-refractivity contribution in [2.75, 3.05) is 13.6 Å². The second kappa shape index (κ2) is 5.35. The fourth-order valence-electron chi connectivity index (χ4n) is 2.65. The summed E-state index contributed by atoms with van der Waals surface area (Å²) in [6.07, 6.45) is 3.53. The van der Waals surface area contributed by atoms with Crippen molar-refractivity contribution in [3.63, 3.8) is 0 Å². The van der Waals surface area contributed by atoms with Gasteiger partial charge < -0.3 is 14.6 Å². The van der Waals surface area contributed by atoms with Crippen LogP contribution >= 0.6 is 23.2 Å². The van der Waals surface area contributed by atoms with Gasteiger partial charge in [-0.2, -0.15) is 0 Å². The number of carbonyl (C=O) groups excluding carboxylic acids is 1. The molecular weight excluding hydrogens is 287 g/mol. The summed E-state index contributed by atoms with van der Waals surface area (Å²) in [6.45, 7) is 0.340. The SMILES string of the molecule is CN(CC1(O)CCCC1)C(=O)c1cc(Cl)c(Cl)n1C. The van der Waals surface area contributed by atoms with Gasteiger partial charge in [0.1, 0.15) is 10.8 Å². The van der Waals surface area contributed by atoms with Crippen molar-refractivity contribution in [1.29, 1.82) is 0 Å². The normalized spacial score (nSPS) is 17.7. The van der Waals surface area contributed by atoms with E-state index in [0.29, 0.717) is 22.4 Å². The Labute approximate surface area is 122 Å². The molecule has 0 aromatic carbocycles. The molecule has 106 valence electrons. The molecule has 0 saturated heterocycles. The number of nitrogens with zero attached hydrogens (tertiary/aromatic N) is 2. The zero-order valence-electron chi connectivity index (χ0n) is 11.1. The Hall–Kier alpha value is -0.710. The van der Waals surface area contributed by atoms with Gasteiger partial charge in [-0.15, -0.1) is 0 Å². The van der Waals surface area contributed by atoms with Crippen LogP contribution in [0.2, 0.25) is 10.2 Å². The molecule has 0 spiro atoms. The van der Waals surface area contributed by atoms with Gasteiger partial charge in [-0.3, -0.25) is 4.79 Å². The number of hydrogen-bond acceptors (Lipinski definition) is 2. The summed E-state index contributed by atoms with van der Waals surface area (Å²) in [5.41, 5.74) is -0.317. The number of aromatic nitrogens is 1. The van der Waals surface area contributed by atoms with Crippen LogP contribution < -0.4 is 0 Å². The Morgan fingerprint density at radius 3 is 2.53 bits per heavy atom. The van der Waals surface area contributed by atoms with E-state index in [9.17, 15) is 9.90 Å². The first-order chi connectivity index (χ1) is 8.84. The van der Waals surface area contributed by atoms with Crippen LogP contribution in [0.5, 0.6) is 0 Å². The van der Waals surface area contributed by atoms with E-state index in [1.54, 1.807) is 24.7 Å². The van der Waals surface area contributed by atoms with Crippen molar-refractivity contribution < 1.29 is 9.90 Å². The van der Waals surface area contributed by atoms with Crippen LogP contribution in [0.3, 0.4) is 0 Å². The molecule has 0 radical (unpaired) electrons. The van der Waals surface area contributed by atoms with Crippen molar-refractivity contribution in [3.8, 4) is 0 Å². The van der Waals surface area contributed by atoms with Crippen LogP contribution in [0, 0.1) is 0 Å². The van der Waals surface area contributed by atoms with E-state index in [-0.39, 0.29) is 5.91 Å². The number of halogens is 2. The molecule has 0 unspecified atom stereocenters. The molecule has 1 fully saturated rings. The molecule has 0 aliphatic heterocycles. The second-order valence-electron chi connectivity index (χ2n) is 5.32. The highest BCUT2D eigenvalue weighted by molar-refractivity contribution is 6.41. The average molecular weight is 305 g/mol. The molecule has 2 rings (SSSR count). The van der Waals surface area contributed by atoms with E-state index >= 15 is 0 Å². The molecule has 0 bridgehead atoms. The Morgan fingerprint density at radius 1 is 1.47 bits per heavy atom. The van der Waals surface area contributed by atoms with Crippen LogP contribution in [0.25, 0.3) is 0 Å². The van der Waals surface area contributed by atoms with Crippen LogP contribution in [0.4, 0.5) is 0 Å². The summed E-state index contributed by atoms with van der Waals surface area (Å²) in [5, 5.41) is 11.0. The molecular formula is C13H18Cl2N2O2. The van der Waals surface area contributed by atoms with Gasteiger partial charge in [-0.1, -0.05) is 36.0 Å². The molecule has 1 aromatic heterocycles. The zero-order valence-corrected chi connectivity index (χ0v) is 12.6. The van der Waals surface area contributed by atoms with Crippen molar-refractivity contribution in [3.05, 3.63) is 21.9 Å². The van der Waals surface area contributed by atoms with Gasteiger partial charge in [0.25, 0.3) is 5.91 Å². The topological polar surface area (TPSA) is 45.5 Å². The van der Waals surface area contributed by atoms with Crippen LogP contribution in [-0.2, 0) is 7.05 Å². The van der Waals surface area contributed by atoms with Gasteiger partial charge in [-0.05, 0) is 18.9 Å². The highest BCUT2D eigenvalue weighted by Gasteiger charge is 2.34. The molecule has 1 aliphatic carbocycles. The first-order valence-corrected chi connectivity index (χ1v) is 7.08. The molecule has 4 nitrogen and oxygen atoms in total. The van der Waals surface area contributed by atoms with E-state index < -0.39 is 5.60 Å². The van der Waals surface area contributed by atoms with E-state index in [2.05, 4.69) is 0 Å². The highest BCUT2D eigenvalue weighted by atomic mass is 35.5. The summed E-state index contributed by atoms with van der Waals surface area (Å²) in [4.78, 5) is 13.9. The number of hydrogen-bond donors (Lipinski definition) is 1. The molecule has 1 aromatic rings. The van der Waals surface area contributed by atoms with E-state index in [1.807, 2.05) is 0 Å². The smallest absolute Gasteiger partial charge is 0.270 e.